The smallest absolute Gasteiger partial charge is 0.322 e. The van der Waals surface area contributed by atoms with Crippen LogP contribution in [0.2, 0.25) is 0 Å². The maximum absolute atomic E-state index is 11.5. The second kappa shape index (κ2) is 10.0. The lowest BCUT2D eigenvalue weighted by molar-refractivity contribution is -0.143. The quantitative estimate of drug-likeness (QED) is 0.672. The Bertz CT molecular complexity index is 405. The van der Waals surface area contributed by atoms with Crippen LogP contribution in [0.1, 0.15) is 26.7 Å². The minimum atomic E-state index is -0.327. The molecule has 0 amide bonds. The zero-order valence-corrected chi connectivity index (χ0v) is 13.1. The number of methoxy groups -OCH3 is 1. The van der Waals surface area contributed by atoms with E-state index >= 15 is 0 Å². The molecule has 0 spiro atoms. The van der Waals surface area contributed by atoms with Crippen LogP contribution in [0.4, 0.5) is 0 Å². The third kappa shape index (κ3) is 6.49. The van der Waals surface area contributed by atoms with Crippen molar-refractivity contribution in [1.29, 1.82) is 0 Å². The van der Waals surface area contributed by atoms with E-state index < -0.39 is 0 Å². The Hall–Kier alpha value is -1.75. The molecule has 5 nitrogen and oxygen atoms in total. The van der Waals surface area contributed by atoms with Gasteiger partial charge in [0.1, 0.15) is 17.5 Å². The number of ether oxygens (including phenoxy) is 3. The van der Waals surface area contributed by atoms with Crippen molar-refractivity contribution in [3.8, 4) is 11.5 Å². The molecule has 1 atom stereocenters. The van der Waals surface area contributed by atoms with Crippen LogP contribution in [-0.4, -0.2) is 38.9 Å². The van der Waals surface area contributed by atoms with E-state index in [1.807, 2.05) is 31.2 Å². The molecular weight excluding hydrogens is 270 g/mol. The Kier molecular flexibility index (Phi) is 8.28. The highest BCUT2D eigenvalue weighted by Gasteiger charge is 2.17. The van der Waals surface area contributed by atoms with E-state index in [0.29, 0.717) is 26.2 Å². The SMILES string of the molecule is CCCOc1ccc(OCCC(NCC)C(=O)OC)cc1. The first-order valence-electron chi connectivity index (χ1n) is 7.38. The van der Waals surface area contributed by atoms with Gasteiger partial charge in [0.15, 0.2) is 0 Å². The largest absolute Gasteiger partial charge is 0.494 e. The Morgan fingerprint density at radius 1 is 1.10 bits per heavy atom. The summed E-state index contributed by atoms with van der Waals surface area (Å²) in [7, 11) is 1.39. The lowest BCUT2D eigenvalue weighted by Crippen LogP contribution is -2.38. The monoisotopic (exact) mass is 295 g/mol. The summed E-state index contributed by atoms with van der Waals surface area (Å²) in [6.45, 7) is 5.89. The van der Waals surface area contributed by atoms with Crippen LogP contribution in [0.15, 0.2) is 24.3 Å². The number of benzene rings is 1. The normalized spacial score (nSPS) is 11.8. The van der Waals surface area contributed by atoms with Crippen molar-refractivity contribution >= 4 is 5.97 Å². The van der Waals surface area contributed by atoms with Crippen LogP contribution in [0.25, 0.3) is 0 Å². The van der Waals surface area contributed by atoms with Crippen molar-refractivity contribution in [2.45, 2.75) is 32.7 Å². The Labute approximate surface area is 126 Å². The summed E-state index contributed by atoms with van der Waals surface area (Å²) in [6, 6.07) is 7.17. The van der Waals surface area contributed by atoms with E-state index in [4.69, 9.17) is 14.2 Å². The topological polar surface area (TPSA) is 56.8 Å². The molecule has 1 aromatic carbocycles. The summed E-state index contributed by atoms with van der Waals surface area (Å²) in [5.41, 5.74) is 0. The van der Waals surface area contributed by atoms with E-state index in [9.17, 15) is 4.79 Å². The minimum absolute atomic E-state index is 0.260. The molecule has 0 saturated heterocycles. The number of hydrogen-bond donors (Lipinski definition) is 1. The average Bonchev–Trinajstić information content (AvgIpc) is 2.52. The lowest BCUT2D eigenvalue weighted by atomic mass is 10.2. The summed E-state index contributed by atoms with van der Waals surface area (Å²) in [5.74, 6) is 1.34. The zero-order chi connectivity index (χ0) is 15.5. The van der Waals surface area contributed by atoms with Gasteiger partial charge in [-0.15, -0.1) is 0 Å². The highest BCUT2D eigenvalue weighted by molar-refractivity contribution is 5.75. The van der Waals surface area contributed by atoms with Crippen molar-refractivity contribution in [3.05, 3.63) is 24.3 Å². The molecule has 0 radical (unpaired) electrons. The van der Waals surface area contributed by atoms with Gasteiger partial charge in [-0.3, -0.25) is 4.79 Å². The molecule has 1 aromatic rings. The van der Waals surface area contributed by atoms with Gasteiger partial charge >= 0.3 is 5.97 Å². The predicted molar refractivity (Wildman–Crippen MR) is 81.8 cm³/mol. The molecule has 1 rings (SSSR count). The first kappa shape index (κ1) is 17.3. The van der Waals surface area contributed by atoms with Crippen LogP contribution in [0, 0.1) is 0 Å². The minimum Gasteiger partial charge on any atom is -0.494 e. The maximum Gasteiger partial charge on any atom is 0.322 e. The summed E-state index contributed by atoms with van der Waals surface area (Å²) >= 11 is 0. The molecule has 0 heterocycles. The molecule has 0 bridgehead atoms. The van der Waals surface area contributed by atoms with Crippen molar-refractivity contribution in [3.63, 3.8) is 0 Å². The van der Waals surface area contributed by atoms with Crippen molar-refractivity contribution in [1.82, 2.24) is 5.32 Å². The molecule has 0 aliphatic carbocycles. The fourth-order valence-corrected chi connectivity index (χ4v) is 1.84. The molecular formula is C16H25NO4. The Morgan fingerprint density at radius 2 is 1.67 bits per heavy atom. The van der Waals surface area contributed by atoms with Crippen molar-refractivity contribution in [2.24, 2.45) is 0 Å². The number of nitrogens with one attached hydrogen (secondary N) is 1. The van der Waals surface area contributed by atoms with Crippen LogP contribution in [0.5, 0.6) is 11.5 Å². The van der Waals surface area contributed by atoms with E-state index in [1.165, 1.54) is 7.11 Å². The number of carbonyl (C=O) groups is 1. The van der Waals surface area contributed by atoms with Gasteiger partial charge in [-0.05, 0) is 37.2 Å². The third-order valence-corrected chi connectivity index (χ3v) is 2.91. The van der Waals surface area contributed by atoms with Gasteiger partial charge in [0, 0.05) is 6.42 Å². The Morgan fingerprint density at radius 3 is 2.14 bits per heavy atom. The highest BCUT2D eigenvalue weighted by atomic mass is 16.5. The fourth-order valence-electron chi connectivity index (χ4n) is 1.84. The summed E-state index contributed by atoms with van der Waals surface area (Å²) < 4.78 is 15.9. The van der Waals surface area contributed by atoms with Crippen LogP contribution < -0.4 is 14.8 Å². The van der Waals surface area contributed by atoms with E-state index in [2.05, 4.69) is 12.2 Å². The van der Waals surface area contributed by atoms with Gasteiger partial charge in [0.25, 0.3) is 0 Å². The molecule has 1 N–H and O–H groups in total. The molecule has 1 unspecified atom stereocenters. The summed E-state index contributed by atoms with van der Waals surface area (Å²) in [4.78, 5) is 11.5. The van der Waals surface area contributed by atoms with Gasteiger partial charge < -0.3 is 19.5 Å². The number of carbonyl (C=O) groups excluding carboxylic acids is 1. The third-order valence-electron chi connectivity index (χ3n) is 2.91. The van der Waals surface area contributed by atoms with Crippen LogP contribution in [0.3, 0.4) is 0 Å². The lowest BCUT2D eigenvalue weighted by Gasteiger charge is -2.15. The molecule has 0 aliphatic rings. The molecule has 21 heavy (non-hydrogen) atoms. The second-order valence-corrected chi connectivity index (χ2v) is 4.59. The standard InChI is InChI=1S/C16H25NO4/c1-4-11-20-13-6-8-14(9-7-13)21-12-10-15(17-5-2)16(18)19-3/h6-9,15,17H,4-5,10-12H2,1-3H3. The Balaban J connectivity index is 2.38. The number of hydrogen-bond acceptors (Lipinski definition) is 5. The molecule has 0 fully saturated rings. The fraction of sp³-hybridized carbons (Fsp3) is 0.562. The summed E-state index contributed by atoms with van der Waals surface area (Å²) in [6.07, 6.45) is 1.55. The van der Waals surface area contributed by atoms with Gasteiger partial charge in [-0.1, -0.05) is 13.8 Å². The molecule has 0 saturated carbocycles. The van der Waals surface area contributed by atoms with Gasteiger partial charge in [-0.2, -0.15) is 0 Å². The van der Waals surface area contributed by atoms with Gasteiger partial charge in [0.2, 0.25) is 0 Å². The van der Waals surface area contributed by atoms with Crippen molar-refractivity contribution in [2.75, 3.05) is 26.9 Å². The van der Waals surface area contributed by atoms with Crippen molar-refractivity contribution < 1.29 is 19.0 Å². The molecule has 0 aliphatic heterocycles. The average molecular weight is 295 g/mol. The summed E-state index contributed by atoms with van der Waals surface area (Å²) in [5, 5.41) is 3.08. The number of likely N-dealkylation sites (N-methyl/N-ethyl adjacent to an activating group) is 1. The molecule has 118 valence electrons. The zero-order valence-electron chi connectivity index (χ0n) is 13.1. The first-order valence-corrected chi connectivity index (χ1v) is 7.38. The highest BCUT2D eigenvalue weighted by Crippen LogP contribution is 2.18. The van der Waals surface area contributed by atoms with Crippen LogP contribution in [-0.2, 0) is 9.53 Å². The maximum atomic E-state index is 11.5. The number of rotatable bonds is 10. The van der Waals surface area contributed by atoms with Crippen LogP contribution >= 0.6 is 0 Å². The second-order valence-electron chi connectivity index (χ2n) is 4.59. The predicted octanol–water partition coefficient (Wildman–Crippen LogP) is 2.40. The molecule has 5 heteroatoms. The molecule has 0 aromatic heterocycles. The first-order chi connectivity index (χ1) is 10.2. The van der Waals surface area contributed by atoms with E-state index in [1.54, 1.807) is 0 Å². The van der Waals surface area contributed by atoms with E-state index in [-0.39, 0.29) is 12.0 Å². The van der Waals surface area contributed by atoms with Gasteiger partial charge in [-0.25, -0.2) is 0 Å². The van der Waals surface area contributed by atoms with E-state index in [0.717, 1.165) is 17.9 Å². The van der Waals surface area contributed by atoms with Gasteiger partial charge in [0.05, 0.1) is 20.3 Å². The number of esters is 1.